The topological polar surface area (TPSA) is 98.0 Å². The van der Waals surface area contributed by atoms with Crippen LogP contribution in [0.3, 0.4) is 0 Å². The average molecular weight is 409 g/mol. The Bertz CT molecular complexity index is 1040. The number of hydrogen-bond donors (Lipinski definition) is 1. The van der Waals surface area contributed by atoms with Crippen LogP contribution >= 0.6 is 11.3 Å². The molecule has 146 valence electrons. The van der Waals surface area contributed by atoms with Crippen molar-refractivity contribution in [1.29, 1.82) is 5.26 Å². The van der Waals surface area contributed by atoms with Gasteiger partial charge in [-0.05, 0) is 30.3 Å². The highest BCUT2D eigenvalue weighted by Crippen LogP contribution is 2.23. The lowest BCUT2D eigenvalue weighted by Crippen LogP contribution is -2.47. The van der Waals surface area contributed by atoms with Gasteiger partial charge >= 0.3 is 0 Å². The first-order chi connectivity index (χ1) is 14.1. The van der Waals surface area contributed by atoms with E-state index < -0.39 is 0 Å². The van der Waals surface area contributed by atoms with Crippen LogP contribution in [0.2, 0.25) is 0 Å². The van der Waals surface area contributed by atoms with Crippen LogP contribution in [0.5, 0.6) is 0 Å². The van der Waals surface area contributed by atoms with Gasteiger partial charge in [-0.1, -0.05) is 11.3 Å². The summed E-state index contributed by atoms with van der Waals surface area (Å²) in [6.45, 7) is 2.60. The molecule has 0 unspecified atom stereocenters. The molecule has 1 saturated heterocycles. The first-order valence-electron chi connectivity index (χ1n) is 8.87. The Morgan fingerprint density at radius 3 is 2.59 bits per heavy atom. The standard InChI is InChI=1S/C19H16FN7OS/c20-15-9-13(10-21)1-3-16(15)26-5-7-27(8-6-26)17-4-2-14(11-22-17)18(28)24-19-25-23-12-29-19/h1-4,9,11-12H,5-8H2,(H,24,25,28). The van der Waals surface area contributed by atoms with Crippen LogP contribution in [0.15, 0.2) is 42.0 Å². The van der Waals surface area contributed by atoms with E-state index in [4.69, 9.17) is 5.26 Å². The fraction of sp³-hybridized carbons (Fsp3) is 0.211. The van der Waals surface area contributed by atoms with Crippen molar-refractivity contribution >= 4 is 33.9 Å². The molecule has 1 aliphatic heterocycles. The zero-order chi connectivity index (χ0) is 20.2. The molecule has 0 saturated carbocycles. The van der Waals surface area contributed by atoms with Crippen molar-refractivity contribution in [2.75, 3.05) is 41.3 Å². The lowest BCUT2D eigenvalue weighted by molar-refractivity contribution is 0.102. The molecule has 0 spiro atoms. The smallest absolute Gasteiger partial charge is 0.259 e. The Hall–Kier alpha value is -3.58. The monoisotopic (exact) mass is 409 g/mol. The summed E-state index contributed by atoms with van der Waals surface area (Å²) in [6.07, 6.45) is 1.53. The van der Waals surface area contributed by atoms with E-state index in [1.807, 2.05) is 11.0 Å². The van der Waals surface area contributed by atoms with Gasteiger partial charge in [0.05, 0.1) is 22.9 Å². The molecule has 29 heavy (non-hydrogen) atoms. The minimum Gasteiger partial charge on any atom is -0.366 e. The highest BCUT2D eigenvalue weighted by Gasteiger charge is 2.21. The molecule has 0 radical (unpaired) electrons. The number of carbonyl (C=O) groups excluding carboxylic acids is 1. The summed E-state index contributed by atoms with van der Waals surface area (Å²) in [5.74, 6) is 0.0840. The first kappa shape index (κ1) is 18.8. The summed E-state index contributed by atoms with van der Waals surface area (Å²) >= 11 is 1.24. The van der Waals surface area contributed by atoms with Gasteiger partial charge in [-0.2, -0.15) is 5.26 Å². The largest absolute Gasteiger partial charge is 0.366 e. The van der Waals surface area contributed by atoms with Gasteiger partial charge in [0, 0.05) is 32.4 Å². The van der Waals surface area contributed by atoms with Crippen molar-refractivity contribution in [2.45, 2.75) is 0 Å². The fourth-order valence-electron chi connectivity index (χ4n) is 3.11. The van der Waals surface area contributed by atoms with E-state index >= 15 is 0 Å². The van der Waals surface area contributed by atoms with Crippen LogP contribution in [0.1, 0.15) is 15.9 Å². The van der Waals surface area contributed by atoms with Gasteiger partial charge in [0.1, 0.15) is 17.1 Å². The molecule has 3 aromatic rings. The second-order valence-corrected chi connectivity index (χ2v) is 7.19. The Balaban J connectivity index is 1.37. The number of nitrogens with zero attached hydrogens (tertiary/aromatic N) is 6. The highest BCUT2D eigenvalue weighted by molar-refractivity contribution is 7.13. The minimum absolute atomic E-state index is 0.290. The molecule has 0 bridgehead atoms. The van der Waals surface area contributed by atoms with Crippen molar-refractivity contribution in [1.82, 2.24) is 15.2 Å². The summed E-state index contributed by atoms with van der Waals surface area (Å²) in [7, 11) is 0. The maximum absolute atomic E-state index is 14.2. The van der Waals surface area contributed by atoms with Crippen molar-refractivity contribution in [2.24, 2.45) is 0 Å². The molecule has 4 rings (SSSR count). The molecule has 10 heteroatoms. The number of nitriles is 1. The van der Waals surface area contributed by atoms with Crippen LogP contribution < -0.4 is 15.1 Å². The number of piperazine rings is 1. The zero-order valence-corrected chi connectivity index (χ0v) is 16.1. The number of anilines is 3. The molecule has 0 atom stereocenters. The van der Waals surface area contributed by atoms with Crippen molar-refractivity contribution in [3.63, 3.8) is 0 Å². The molecule has 1 amide bonds. The van der Waals surface area contributed by atoms with Crippen molar-refractivity contribution in [3.05, 3.63) is 59.0 Å². The van der Waals surface area contributed by atoms with Gasteiger partial charge < -0.3 is 9.80 Å². The van der Waals surface area contributed by atoms with Gasteiger partial charge in [-0.25, -0.2) is 9.37 Å². The zero-order valence-electron chi connectivity index (χ0n) is 15.2. The molecular weight excluding hydrogens is 393 g/mol. The predicted molar refractivity (Wildman–Crippen MR) is 108 cm³/mol. The summed E-state index contributed by atoms with van der Waals surface area (Å²) in [4.78, 5) is 20.6. The third-order valence-corrected chi connectivity index (χ3v) is 5.22. The number of halogens is 1. The second-order valence-electron chi connectivity index (χ2n) is 6.36. The van der Waals surface area contributed by atoms with E-state index in [0.717, 1.165) is 5.82 Å². The van der Waals surface area contributed by atoms with Crippen LogP contribution in [0.25, 0.3) is 0 Å². The van der Waals surface area contributed by atoms with E-state index in [0.29, 0.717) is 48.1 Å². The van der Waals surface area contributed by atoms with Gasteiger partial charge in [0.25, 0.3) is 5.91 Å². The minimum atomic E-state index is -0.388. The van der Waals surface area contributed by atoms with E-state index in [1.54, 1.807) is 29.8 Å². The predicted octanol–water partition coefficient (Wildman–Crippen LogP) is 2.52. The molecule has 8 nitrogen and oxygen atoms in total. The summed E-state index contributed by atoms with van der Waals surface area (Å²) in [6, 6.07) is 9.98. The molecule has 0 aliphatic carbocycles. The molecule has 1 aromatic carbocycles. The van der Waals surface area contributed by atoms with E-state index in [2.05, 4.69) is 25.4 Å². The van der Waals surface area contributed by atoms with E-state index in [-0.39, 0.29) is 11.7 Å². The van der Waals surface area contributed by atoms with Crippen molar-refractivity contribution < 1.29 is 9.18 Å². The molecule has 3 heterocycles. The first-order valence-corrected chi connectivity index (χ1v) is 9.75. The Kier molecular flexibility index (Phi) is 5.31. The van der Waals surface area contributed by atoms with Gasteiger partial charge in [0.2, 0.25) is 5.13 Å². The average Bonchev–Trinajstić information content (AvgIpc) is 3.27. The van der Waals surface area contributed by atoms with E-state index in [1.165, 1.54) is 23.6 Å². The lowest BCUT2D eigenvalue weighted by Gasteiger charge is -2.36. The van der Waals surface area contributed by atoms with Crippen molar-refractivity contribution in [3.8, 4) is 6.07 Å². The molecule has 1 fully saturated rings. The quantitative estimate of drug-likeness (QED) is 0.707. The third-order valence-electron chi connectivity index (χ3n) is 4.61. The van der Waals surface area contributed by atoms with Crippen LogP contribution in [0.4, 0.5) is 21.0 Å². The lowest BCUT2D eigenvalue weighted by atomic mass is 10.2. The number of amides is 1. The Morgan fingerprint density at radius 1 is 1.17 bits per heavy atom. The summed E-state index contributed by atoms with van der Waals surface area (Å²) < 4.78 is 14.2. The SMILES string of the molecule is N#Cc1ccc(N2CCN(c3ccc(C(=O)Nc4nncs4)cn3)CC2)c(F)c1. The normalized spacial score (nSPS) is 13.8. The van der Waals surface area contributed by atoms with Gasteiger partial charge in [-0.15, -0.1) is 10.2 Å². The maximum Gasteiger partial charge on any atom is 0.259 e. The molecule has 1 N–H and O–H groups in total. The number of carbonyl (C=O) groups is 1. The van der Waals surface area contributed by atoms with Gasteiger partial charge in [0.15, 0.2) is 0 Å². The van der Waals surface area contributed by atoms with Crippen LogP contribution in [-0.4, -0.2) is 47.3 Å². The molecule has 2 aromatic heterocycles. The fourth-order valence-corrected chi connectivity index (χ4v) is 3.55. The number of benzene rings is 1. The third kappa shape index (κ3) is 4.14. The molecule has 1 aliphatic rings. The summed E-state index contributed by atoms with van der Waals surface area (Å²) in [5.41, 5.74) is 2.78. The van der Waals surface area contributed by atoms with Crippen LogP contribution in [0, 0.1) is 17.1 Å². The summed E-state index contributed by atoms with van der Waals surface area (Å²) in [5, 5.41) is 19.4. The second kappa shape index (κ2) is 8.20. The number of rotatable bonds is 4. The maximum atomic E-state index is 14.2. The Morgan fingerprint density at radius 2 is 1.97 bits per heavy atom. The number of pyridine rings is 1. The highest BCUT2D eigenvalue weighted by atomic mass is 32.1. The Labute approximate surface area is 170 Å². The van der Waals surface area contributed by atoms with Gasteiger partial charge in [-0.3, -0.25) is 10.1 Å². The number of hydrogen-bond acceptors (Lipinski definition) is 8. The van der Waals surface area contributed by atoms with Crippen LogP contribution in [-0.2, 0) is 0 Å². The molecular formula is C19H16FN7OS. The number of aromatic nitrogens is 3. The van der Waals surface area contributed by atoms with E-state index in [9.17, 15) is 9.18 Å². The number of nitrogens with one attached hydrogen (secondary N) is 1.